The lowest BCUT2D eigenvalue weighted by molar-refractivity contribution is -0.124. The minimum Gasteiger partial charge on any atom is -0.384 e. The summed E-state index contributed by atoms with van der Waals surface area (Å²) in [4.78, 5) is 13.0. The van der Waals surface area contributed by atoms with Crippen LogP contribution in [0.4, 0.5) is 18.9 Å². The number of hydrogen-bond donors (Lipinski definition) is 1. The van der Waals surface area contributed by atoms with Crippen LogP contribution in [0.3, 0.4) is 0 Å². The Morgan fingerprint density at radius 2 is 1.83 bits per heavy atom. The highest BCUT2D eigenvalue weighted by molar-refractivity contribution is 6.30. The fraction of sp³-hybridized carbons (Fsp3) is 0.435. The first-order valence-electron chi connectivity index (χ1n) is 9.76. The average molecular weight is 424 g/mol. The van der Waals surface area contributed by atoms with Crippen LogP contribution in [0.25, 0.3) is 0 Å². The topological polar surface area (TPSA) is 29.1 Å². The molecule has 2 aromatic carbocycles. The van der Waals surface area contributed by atoms with Gasteiger partial charge in [0, 0.05) is 42.0 Å². The zero-order valence-electron chi connectivity index (χ0n) is 17.0. The molecule has 0 aromatic heterocycles. The first kappa shape index (κ1) is 21.7. The third kappa shape index (κ3) is 3.89. The van der Waals surface area contributed by atoms with E-state index in [-0.39, 0.29) is 16.7 Å². The molecule has 0 amide bonds. The zero-order chi connectivity index (χ0) is 21.5. The summed E-state index contributed by atoms with van der Waals surface area (Å²) in [5.74, 6) is -3.49. The number of halogens is 4. The smallest absolute Gasteiger partial charge is 0.160 e. The lowest BCUT2D eigenvalue weighted by Gasteiger charge is -2.38. The molecule has 0 saturated carbocycles. The van der Waals surface area contributed by atoms with Crippen molar-refractivity contribution in [3.05, 3.63) is 63.9 Å². The monoisotopic (exact) mass is 423 g/mol. The molecule has 156 valence electrons. The summed E-state index contributed by atoms with van der Waals surface area (Å²) < 4.78 is 42.9. The van der Waals surface area contributed by atoms with Gasteiger partial charge in [-0.05, 0) is 29.2 Å². The van der Waals surface area contributed by atoms with Crippen LogP contribution in [0.5, 0.6) is 0 Å². The minimum absolute atomic E-state index is 0.00151. The maximum absolute atomic E-state index is 15.1. The molecule has 0 spiro atoms. The number of benzene rings is 2. The number of ketones is 1. The van der Waals surface area contributed by atoms with E-state index < -0.39 is 34.7 Å². The van der Waals surface area contributed by atoms with E-state index in [9.17, 15) is 13.6 Å². The molecule has 1 aliphatic rings. The van der Waals surface area contributed by atoms with E-state index in [0.717, 1.165) is 12.1 Å². The van der Waals surface area contributed by atoms with Gasteiger partial charge in [0.1, 0.15) is 11.6 Å². The lowest BCUT2D eigenvalue weighted by atomic mass is 9.63. The maximum atomic E-state index is 15.1. The summed E-state index contributed by atoms with van der Waals surface area (Å²) in [7, 11) is 0. The van der Waals surface area contributed by atoms with Gasteiger partial charge in [0.15, 0.2) is 11.6 Å². The van der Waals surface area contributed by atoms with Gasteiger partial charge >= 0.3 is 0 Å². The molecule has 2 aromatic rings. The summed E-state index contributed by atoms with van der Waals surface area (Å²) in [5.41, 5.74) is 0.470. The number of rotatable bonds is 6. The van der Waals surface area contributed by atoms with Crippen LogP contribution >= 0.6 is 11.6 Å². The average Bonchev–Trinajstić information content (AvgIpc) is 2.95. The number of carbonyl (C=O) groups excluding carboxylic acids is 1. The molecule has 2 nitrogen and oxygen atoms in total. The van der Waals surface area contributed by atoms with Gasteiger partial charge in [0.25, 0.3) is 0 Å². The summed E-state index contributed by atoms with van der Waals surface area (Å²) in [6, 6.07) is 6.98. The summed E-state index contributed by atoms with van der Waals surface area (Å²) in [5, 5.41) is 3.07. The molecule has 0 bridgehead atoms. The second-order valence-electron chi connectivity index (χ2n) is 8.56. The minimum atomic E-state index is -0.967. The Bertz CT molecular complexity index is 946. The van der Waals surface area contributed by atoms with Crippen LogP contribution in [0.2, 0.25) is 5.02 Å². The van der Waals surface area contributed by atoms with E-state index in [2.05, 4.69) is 5.32 Å². The Morgan fingerprint density at radius 1 is 1.17 bits per heavy atom. The Kier molecular flexibility index (Phi) is 6.00. The molecule has 0 radical (unpaired) electrons. The van der Waals surface area contributed by atoms with Crippen molar-refractivity contribution in [1.29, 1.82) is 0 Å². The number of anilines is 1. The van der Waals surface area contributed by atoms with Gasteiger partial charge in [-0.15, -0.1) is 0 Å². The highest BCUT2D eigenvalue weighted by atomic mass is 35.5. The molecule has 1 N–H and O–H groups in total. The molecule has 3 rings (SSSR count). The van der Waals surface area contributed by atoms with Crippen LogP contribution in [-0.4, -0.2) is 12.3 Å². The van der Waals surface area contributed by atoms with Crippen molar-refractivity contribution in [2.45, 2.75) is 45.4 Å². The SMILES string of the molecule is CC(C)CC(=O)C(C)C(c1cccc(Cl)c1F)C1(C)CNc2cc(F)c(F)cc21. The van der Waals surface area contributed by atoms with Crippen molar-refractivity contribution in [1.82, 2.24) is 0 Å². The Labute approximate surface area is 174 Å². The fourth-order valence-corrected chi connectivity index (χ4v) is 4.70. The van der Waals surface area contributed by atoms with Gasteiger partial charge in [-0.25, -0.2) is 13.2 Å². The van der Waals surface area contributed by atoms with Gasteiger partial charge in [0.05, 0.1) is 5.02 Å². The van der Waals surface area contributed by atoms with Gasteiger partial charge < -0.3 is 5.32 Å². The van der Waals surface area contributed by atoms with Gasteiger partial charge in [-0.1, -0.05) is 51.4 Å². The molecule has 3 unspecified atom stereocenters. The molecule has 1 heterocycles. The summed E-state index contributed by atoms with van der Waals surface area (Å²) in [6.07, 6.45) is 0.355. The Balaban J connectivity index is 2.18. The highest BCUT2D eigenvalue weighted by Crippen LogP contribution is 2.51. The molecule has 0 saturated heterocycles. The number of hydrogen-bond acceptors (Lipinski definition) is 2. The second kappa shape index (κ2) is 8.02. The number of nitrogens with one attached hydrogen (secondary N) is 1. The molecule has 0 aliphatic carbocycles. The van der Waals surface area contributed by atoms with Gasteiger partial charge in [-0.3, -0.25) is 4.79 Å². The van der Waals surface area contributed by atoms with Crippen LogP contribution in [-0.2, 0) is 10.2 Å². The molecule has 1 aliphatic heterocycles. The van der Waals surface area contributed by atoms with E-state index in [1.54, 1.807) is 19.1 Å². The van der Waals surface area contributed by atoms with Gasteiger partial charge in [0.2, 0.25) is 0 Å². The Morgan fingerprint density at radius 3 is 2.48 bits per heavy atom. The van der Waals surface area contributed by atoms with Crippen LogP contribution < -0.4 is 5.32 Å². The maximum Gasteiger partial charge on any atom is 0.160 e. The first-order chi connectivity index (χ1) is 13.6. The normalized spacial score (nSPS) is 20.3. The first-order valence-corrected chi connectivity index (χ1v) is 10.1. The summed E-state index contributed by atoms with van der Waals surface area (Å²) >= 11 is 6.04. The second-order valence-corrected chi connectivity index (χ2v) is 8.96. The third-order valence-electron chi connectivity index (χ3n) is 5.94. The van der Waals surface area contributed by atoms with Crippen molar-refractivity contribution >= 4 is 23.1 Å². The van der Waals surface area contributed by atoms with Crippen molar-refractivity contribution in [3.8, 4) is 0 Å². The van der Waals surface area contributed by atoms with E-state index in [1.165, 1.54) is 6.07 Å². The van der Waals surface area contributed by atoms with Crippen LogP contribution in [0, 0.1) is 29.3 Å². The van der Waals surface area contributed by atoms with Crippen molar-refractivity contribution in [2.24, 2.45) is 11.8 Å². The highest BCUT2D eigenvalue weighted by Gasteiger charge is 2.47. The predicted molar refractivity (Wildman–Crippen MR) is 110 cm³/mol. The van der Waals surface area contributed by atoms with Crippen LogP contribution in [0.1, 0.15) is 51.2 Å². The van der Waals surface area contributed by atoms with E-state index in [1.807, 2.05) is 20.8 Å². The number of fused-ring (bicyclic) bond motifs is 1. The van der Waals surface area contributed by atoms with Crippen LogP contribution in [0.15, 0.2) is 30.3 Å². The predicted octanol–water partition coefficient (Wildman–Crippen LogP) is 6.48. The number of carbonyl (C=O) groups is 1. The zero-order valence-corrected chi connectivity index (χ0v) is 17.7. The van der Waals surface area contributed by atoms with E-state index in [0.29, 0.717) is 29.8 Å². The summed E-state index contributed by atoms with van der Waals surface area (Å²) in [6.45, 7) is 7.85. The van der Waals surface area contributed by atoms with Gasteiger partial charge in [-0.2, -0.15) is 0 Å². The van der Waals surface area contributed by atoms with E-state index >= 15 is 4.39 Å². The van der Waals surface area contributed by atoms with Crippen molar-refractivity contribution < 1.29 is 18.0 Å². The standard InChI is InChI=1S/C23H25ClF3NO/c1-12(2)8-20(29)13(3)21(14-6-5-7-16(24)22(14)27)23(4)11-28-19-10-18(26)17(25)9-15(19)23/h5-7,9-10,12-13,21,28H,8,11H2,1-4H3. The molecular formula is C23H25ClF3NO. The van der Waals surface area contributed by atoms with E-state index in [4.69, 9.17) is 11.6 Å². The molecule has 6 heteroatoms. The van der Waals surface area contributed by atoms with Crippen molar-refractivity contribution in [3.63, 3.8) is 0 Å². The molecule has 3 atom stereocenters. The largest absolute Gasteiger partial charge is 0.384 e. The van der Waals surface area contributed by atoms with Crippen molar-refractivity contribution in [2.75, 3.05) is 11.9 Å². The fourth-order valence-electron chi connectivity index (χ4n) is 4.52. The Hall–Kier alpha value is -2.01. The molecule has 29 heavy (non-hydrogen) atoms. The molecule has 0 fully saturated rings. The quantitative estimate of drug-likeness (QED) is 0.576. The lowest BCUT2D eigenvalue weighted by Crippen LogP contribution is -2.39. The number of Topliss-reactive ketones (excluding diaryl/α,β-unsaturated/α-hetero) is 1. The third-order valence-corrected chi connectivity index (χ3v) is 6.23. The molecular weight excluding hydrogens is 399 g/mol.